The second-order valence-electron chi connectivity index (χ2n) is 15.7. The Labute approximate surface area is 321 Å². The number of piperidine rings is 4. The van der Waals surface area contributed by atoms with Gasteiger partial charge in [-0.25, -0.2) is 4.39 Å². The molecule has 0 saturated carbocycles. The lowest BCUT2D eigenvalue weighted by Crippen LogP contribution is -2.36. The number of anilines is 4. The van der Waals surface area contributed by atoms with Crippen LogP contribution in [0.1, 0.15) is 80.1 Å². The molecule has 0 amide bonds. The summed E-state index contributed by atoms with van der Waals surface area (Å²) in [7, 11) is 0. The van der Waals surface area contributed by atoms with Gasteiger partial charge in [-0.05, 0) is 143 Å². The van der Waals surface area contributed by atoms with Gasteiger partial charge in [-0.3, -0.25) is 4.79 Å². The molecule has 0 atom stereocenters. The lowest BCUT2D eigenvalue weighted by Gasteiger charge is -2.35. The Bertz CT molecular complexity index is 1790. The summed E-state index contributed by atoms with van der Waals surface area (Å²) in [4.78, 5) is 22.1. The van der Waals surface area contributed by atoms with Crippen LogP contribution in [0.4, 0.5) is 27.1 Å². The van der Waals surface area contributed by atoms with Gasteiger partial charge in [-0.15, -0.1) is 0 Å². The first-order chi connectivity index (χ1) is 26.4. The number of phenols is 2. The highest BCUT2D eigenvalue weighted by atomic mass is 19.1. The van der Waals surface area contributed by atoms with Crippen molar-refractivity contribution in [2.24, 2.45) is 11.8 Å². The van der Waals surface area contributed by atoms with Crippen LogP contribution in [0.25, 0.3) is 0 Å². The van der Waals surface area contributed by atoms with Crippen LogP contribution in [0.3, 0.4) is 0 Å². The maximum absolute atomic E-state index is 13.1. The normalized spacial score (nSPS) is 18.6. The first kappa shape index (κ1) is 37.6. The maximum Gasteiger partial charge on any atom is 0.166 e. The predicted molar refractivity (Wildman–Crippen MR) is 219 cm³/mol. The number of carbonyl (C=O) groups is 1. The Kier molecular flexibility index (Phi) is 12.6. The van der Waals surface area contributed by atoms with Crippen molar-refractivity contribution in [3.05, 3.63) is 108 Å². The van der Waals surface area contributed by atoms with Gasteiger partial charge < -0.3 is 29.8 Å². The summed E-state index contributed by atoms with van der Waals surface area (Å²) in [5.74, 6) is 1.19. The number of aromatic hydroxyl groups is 2. The predicted octanol–water partition coefficient (Wildman–Crippen LogP) is 9.46. The van der Waals surface area contributed by atoms with Gasteiger partial charge in [-0.2, -0.15) is 0 Å². The van der Waals surface area contributed by atoms with E-state index in [4.69, 9.17) is 0 Å². The van der Waals surface area contributed by atoms with Gasteiger partial charge in [0.15, 0.2) is 5.78 Å². The molecule has 0 spiro atoms. The summed E-state index contributed by atoms with van der Waals surface area (Å²) in [6, 6.07) is 28.7. The van der Waals surface area contributed by atoms with E-state index in [0.29, 0.717) is 17.1 Å². The molecular weight excluding hydrogens is 676 g/mol. The molecule has 0 radical (unpaired) electrons. The fraction of sp³-hybridized carbons (Fsp3) is 0.457. The van der Waals surface area contributed by atoms with E-state index in [2.05, 4.69) is 68.1 Å². The van der Waals surface area contributed by atoms with E-state index >= 15 is 0 Å². The first-order valence-corrected chi connectivity index (χ1v) is 20.4. The number of nitrogens with zero attached hydrogens (tertiary/aromatic N) is 4. The fourth-order valence-electron chi connectivity index (χ4n) is 8.79. The van der Waals surface area contributed by atoms with Gasteiger partial charge in [0, 0.05) is 75.2 Å². The van der Waals surface area contributed by atoms with Crippen LogP contribution < -0.4 is 19.6 Å². The third-order valence-corrected chi connectivity index (χ3v) is 12.0. The first-order valence-electron chi connectivity index (χ1n) is 20.4. The Morgan fingerprint density at radius 2 is 1.04 bits per heavy atom. The zero-order valence-corrected chi connectivity index (χ0v) is 31.7. The van der Waals surface area contributed by atoms with Crippen LogP contribution in [0.15, 0.2) is 91.0 Å². The number of halogens is 1. The minimum absolute atomic E-state index is 0.0471. The molecule has 0 aromatic heterocycles. The summed E-state index contributed by atoms with van der Waals surface area (Å²) in [6.45, 7) is 7.95. The van der Waals surface area contributed by atoms with E-state index in [1.807, 2.05) is 12.1 Å². The minimum Gasteiger partial charge on any atom is -0.506 e. The standard InChI is InChI=1S/C23H27FN2O2.C23H30N2O/c24-19-6-4-17(5-7-19)23(28)18-10-14-26(15-11-18)21-16-20(8-9-22(21)27)25-12-2-1-3-13-25;26-23-10-9-21(24-13-5-2-6-14-24)18-22(23)25-15-11-20(12-16-25)17-19-7-3-1-4-8-19/h4-9,16,18,27H,1-3,10-15H2;1,3-4,7-10,18,20,26H,2,5-6,11-17H2. The lowest BCUT2D eigenvalue weighted by molar-refractivity contribution is 0.0900. The molecule has 54 heavy (non-hydrogen) atoms. The second kappa shape index (κ2) is 18.1. The van der Waals surface area contributed by atoms with Crippen LogP contribution >= 0.6 is 0 Å². The molecular formula is C46H57FN4O3. The molecule has 2 N–H and O–H groups in total. The molecule has 8 rings (SSSR count). The molecule has 4 aromatic rings. The van der Waals surface area contributed by atoms with E-state index in [1.54, 1.807) is 18.2 Å². The van der Waals surface area contributed by atoms with E-state index < -0.39 is 0 Å². The lowest BCUT2D eigenvalue weighted by atomic mass is 9.88. The van der Waals surface area contributed by atoms with Crippen molar-refractivity contribution in [1.29, 1.82) is 0 Å². The number of carbonyl (C=O) groups excluding carboxylic acids is 1. The average Bonchev–Trinajstić information content (AvgIpc) is 3.23. The molecule has 4 heterocycles. The molecule has 4 fully saturated rings. The monoisotopic (exact) mass is 732 g/mol. The quantitative estimate of drug-likeness (QED) is 0.175. The number of benzene rings is 4. The van der Waals surface area contributed by atoms with Gasteiger partial charge in [0.1, 0.15) is 17.3 Å². The van der Waals surface area contributed by atoms with Crippen molar-refractivity contribution in [2.45, 2.75) is 70.6 Å². The molecule has 0 aliphatic carbocycles. The van der Waals surface area contributed by atoms with Crippen LogP contribution in [0, 0.1) is 17.7 Å². The van der Waals surface area contributed by atoms with Crippen molar-refractivity contribution in [1.82, 2.24) is 0 Å². The van der Waals surface area contributed by atoms with Gasteiger partial charge in [0.2, 0.25) is 0 Å². The third kappa shape index (κ3) is 9.49. The molecule has 286 valence electrons. The van der Waals surface area contributed by atoms with E-state index in [0.717, 1.165) is 88.2 Å². The molecule has 4 aliphatic rings. The maximum atomic E-state index is 13.1. The van der Waals surface area contributed by atoms with Crippen molar-refractivity contribution in [3.8, 4) is 11.5 Å². The van der Waals surface area contributed by atoms with Crippen LogP contribution in [-0.4, -0.2) is 68.4 Å². The highest BCUT2D eigenvalue weighted by Crippen LogP contribution is 2.37. The third-order valence-electron chi connectivity index (χ3n) is 12.0. The highest BCUT2D eigenvalue weighted by Gasteiger charge is 2.28. The van der Waals surface area contributed by atoms with Gasteiger partial charge >= 0.3 is 0 Å². The minimum atomic E-state index is -0.324. The zero-order valence-electron chi connectivity index (χ0n) is 31.7. The van der Waals surface area contributed by atoms with Crippen molar-refractivity contribution < 1.29 is 19.4 Å². The largest absolute Gasteiger partial charge is 0.506 e. The summed E-state index contributed by atoms with van der Waals surface area (Å²) in [5.41, 5.74) is 6.33. The van der Waals surface area contributed by atoms with Crippen LogP contribution in [0.2, 0.25) is 0 Å². The molecule has 4 aliphatic heterocycles. The topological polar surface area (TPSA) is 70.5 Å². The summed E-state index contributed by atoms with van der Waals surface area (Å²) < 4.78 is 13.1. The molecule has 8 heteroatoms. The SMILES string of the molecule is O=C(c1ccc(F)cc1)C1CCN(c2cc(N3CCCCC3)ccc2O)CC1.Oc1ccc(N2CCCCC2)cc1N1CCC(Cc2ccccc2)CC1. The molecule has 4 aromatic carbocycles. The van der Waals surface area contributed by atoms with E-state index in [9.17, 15) is 19.4 Å². The Morgan fingerprint density at radius 3 is 1.54 bits per heavy atom. The summed E-state index contributed by atoms with van der Waals surface area (Å²) in [5, 5.41) is 20.8. The number of hydrogen-bond acceptors (Lipinski definition) is 7. The van der Waals surface area contributed by atoms with Crippen LogP contribution in [0.5, 0.6) is 11.5 Å². The van der Waals surface area contributed by atoms with E-state index in [1.165, 1.54) is 81.2 Å². The zero-order chi connectivity index (χ0) is 37.3. The number of Topliss-reactive ketones (excluding diaryl/α,β-unsaturated/α-hetero) is 1. The highest BCUT2D eigenvalue weighted by molar-refractivity contribution is 5.98. The Balaban J connectivity index is 0.000000167. The van der Waals surface area contributed by atoms with Gasteiger partial charge in [0.05, 0.1) is 11.4 Å². The average molecular weight is 733 g/mol. The van der Waals surface area contributed by atoms with Crippen molar-refractivity contribution in [3.63, 3.8) is 0 Å². The molecule has 7 nitrogen and oxygen atoms in total. The van der Waals surface area contributed by atoms with E-state index in [-0.39, 0.29) is 17.5 Å². The fourth-order valence-corrected chi connectivity index (χ4v) is 8.79. The number of phenolic OH excluding ortho intramolecular Hbond substituents is 2. The molecule has 0 bridgehead atoms. The second-order valence-corrected chi connectivity index (χ2v) is 15.7. The van der Waals surface area contributed by atoms with Crippen LogP contribution in [-0.2, 0) is 6.42 Å². The van der Waals surface area contributed by atoms with Crippen molar-refractivity contribution >= 4 is 28.5 Å². The van der Waals surface area contributed by atoms with Crippen molar-refractivity contribution in [2.75, 3.05) is 72.0 Å². The summed E-state index contributed by atoms with van der Waals surface area (Å²) in [6.07, 6.45) is 12.7. The number of rotatable bonds is 8. The Hall–Kier alpha value is -4.72. The van der Waals surface area contributed by atoms with Gasteiger partial charge in [-0.1, -0.05) is 30.3 Å². The summed E-state index contributed by atoms with van der Waals surface area (Å²) >= 11 is 0. The molecule has 4 saturated heterocycles. The number of hydrogen-bond donors (Lipinski definition) is 2. The smallest absolute Gasteiger partial charge is 0.166 e. The van der Waals surface area contributed by atoms with Gasteiger partial charge in [0.25, 0.3) is 0 Å². The molecule has 0 unspecified atom stereocenters. The number of ketones is 1. The Morgan fingerprint density at radius 1 is 0.556 bits per heavy atom.